The van der Waals surface area contributed by atoms with Gasteiger partial charge in [0.2, 0.25) is 0 Å². The van der Waals surface area contributed by atoms with Crippen LogP contribution in [0.2, 0.25) is 10.0 Å². The van der Waals surface area contributed by atoms with Crippen molar-refractivity contribution in [1.82, 2.24) is 24.7 Å². The standard InChI is InChI=1S/C24H26Cl2N6/c1-14(2)30-21(24(3,4)27)23-31-20(15-7-9-28-10-8-15)19(22-29-11-12-32(22)23)16-5-6-17(25)18(26)13-16/h5-14,21,30H,27H2,1-4H3. The van der Waals surface area contributed by atoms with Gasteiger partial charge in [-0.15, -0.1) is 0 Å². The molecule has 3 aromatic heterocycles. The number of rotatable bonds is 6. The van der Waals surface area contributed by atoms with E-state index in [9.17, 15) is 0 Å². The van der Waals surface area contributed by atoms with Gasteiger partial charge in [0, 0.05) is 41.9 Å². The molecule has 3 N–H and O–H groups in total. The maximum atomic E-state index is 6.62. The van der Waals surface area contributed by atoms with Crippen molar-refractivity contribution in [1.29, 1.82) is 0 Å². The molecule has 0 spiro atoms. The molecule has 32 heavy (non-hydrogen) atoms. The Balaban J connectivity index is 2.08. The first-order valence-corrected chi connectivity index (χ1v) is 11.2. The van der Waals surface area contributed by atoms with Gasteiger partial charge in [0.15, 0.2) is 0 Å². The lowest BCUT2D eigenvalue weighted by atomic mass is 9.93. The fourth-order valence-electron chi connectivity index (χ4n) is 3.80. The molecule has 166 valence electrons. The number of nitrogens with two attached hydrogens (primary N) is 1. The van der Waals surface area contributed by atoms with Crippen molar-refractivity contribution < 1.29 is 0 Å². The highest BCUT2D eigenvalue weighted by Crippen LogP contribution is 2.38. The number of imidazole rings is 1. The van der Waals surface area contributed by atoms with E-state index in [0.29, 0.717) is 10.0 Å². The molecular weight excluding hydrogens is 443 g/mol. The Kier molecular flexibility index (Phi) is 6.23. The first-order valence-electron chi connectivity index (χ1n) is 10.4. The van der Waals surface area contributed by atoms with Crippen LogP contribution in [0, 0.1) is 0 Å². The number of benzene rings is 1. The lowest BCUT2D eigenvalue weighted by Gasteiger charge is -2.33. The smallest absolute Gasteiger partial charge is 0.148 e. The zero-order valence-corrected chi connectivity index (χ0v) is 20.0. The van der Waals surface area contributed by atoms with E-state index in [1.807, 2.05) is 48.7 Å². The van der Waals surface area contributed by atoms with Gasteiger partial charge < -0.3 is 11.1 Å². The predicted octanol–water partition coefficient (Wildman–Crippen LogP) is 5.54. The maximum absolute atomic E-state index is 6.62. The molecule has 0 saturated heterocycles. The van der Waals surface area contributed by atoms with Gasteiger partial charge in [0.05, 0.1) is 27.3 Å². The van der Waals surface area contributed by atoms with Gasteiger partial charge in [0.1, 0.15) is 11.5 Å². The van der Waals surface area contributed by atoms with E-state index in [1.165, 1.54) is 0 Å². The van der Waals surface area contributed by atoms with E-state index in [1.54, 1.807) is 24.7 Å². The monoisotopic (exact) mass is 468 g/mol. The van der Waals surface area contributed by atoms with Crippen LogP contribution in [0.3, 0.4) is 0 Å². The van der Waals surface area contributed by atoms with E-state index >= 15 is 0 Å². The molecule has 0 aliphatic rings. The highest BCUT2D eigenvalue weighted by Gasteiger charge is 2.32. The number of hydrogen-bond acceptors (Lipinski definition) is 5. The second-order valence-corrected chi connectivity index (χ2v) is 9.57. The Morgan fingerprint density at radius 1 is 1.00 bits per heavy atom. The summed E-state index contributed by atoms with van der Waals surface area (Å²) in [6, 6.07) is 9.42. The Bertz CT molecular complexity index is 1240. The molecule has 1 unspecified atom stereocenters. The number of fused-ring (bicyclic) bond motifs is 1. The molecule has 6 nitrogen and oxygen atoms in total. The van der Waals surface area contributed by atoms with Crippen LogP contribution < -0.4 is 11.1 Å². The van der Waals surface area contributed by atoms with Crippen molar-refractivity contribution in [3.05, 3.63) is 71.0 Å². The summed E-state index contributed by atoms with van der Waals surface area (Å²) in [5.74, 6) is 0.786. The van der Waals surface area contributed by atoms with Crippen LogP contribution in [-0.2, 0) is 0 Å². The lowest BCUT2D eigenvalue weighted by Crippen LogP contribution is -2.49. The van der Waals surface area contributed by atoms with Crippen LogP contribution in [0.5, 0.6) is 0 Å². The van der Waals surface area contributed by atoms with Gasteiger partial charge in [-0.05, 0) is 43.7 Å². The van der Waals surface area contributed by atoms with Crippen molar-refractivity contribution in [2.75, 3.05) is 0 Å². The van der Waals surface area contributed by atoms with Crippen LogP contribution in [0.25, 0.3) is 28.0 Å². The number of nitrogens with one attached hydrogen (secondary N) is 1. The lowest BCUT2D eigenvalue weighted by molar-refractivity contribution is 0.313. The third kappa shape index (κ3) is 4.36. The number of aromatic nitrogens is 4. The molecular formula is C24H26Cl2N6. The quantitative estimate of drug-likeness (QED) is 0.388. The second kappa shape index (κ2) is 8.79. The van der Waals surface area contributed by atoms with Crippen LogP contribution >= 0.6 is 23.2 Å². The minimum Gasteiger partial charge on any atom is -0.324 e. The van der Waals surface area contributed by atoms with E-state index in [-0.39, 0.29) is 12.1 Å². The minimum absolute atomic E-state index is 0.210. The van der Waals surface area contributed by atoms with E-state index < -0.39 is 5.54 Å². The Labute approximate surface area is 197 Å². The third-order valence-electron chi connectivity index (χ3n) is 5.24. The number of pyridine rings is 1. The van der Waals surface area contributed by atoms with Gasteiger partial charge in [-0.25, -0.2) is 9.97 Å². The molecule has 0 bridgehead atoms. The zero-order valence-electron chi connectivity index (χ0n) is 18.5. The van der Waals surface area contributed by atoms with Crippen LogP contribution in [0.4, 0.5) is 0 Å². The SMILES string of the molecule is CC(C)NC(c1nc(-c2ccncc2)c(-c2ccc(Cl)c(Cl)c2)c2nccn12)C(C)(C)N. The maximum Gasteiger partial charge on any atom is 0.148 e. The first kappa shape index (κ1) is 22.7. The minimum atomic E-state index is -0.574. The van der Waals surface area contributed by atoms with Crippen molar-refractivity contribution in [3.8, 4) is 22.4 Å². The number of halogens is 2. The number of hydrogen-bond donors (Lipinski definition) is 2. The molecule has 4 rings (SSSR count). The van der Waals surface area contributed by atoms with Crippen molar-refractivity contribution in [2.24, 2.45) is 5.73 Å². The molecule has 0 amide bonds. The molecule has 0 radical (unpaired) electrons. The predicted molar refractivity (Wildman–Crippen MR) is 131 cm³/mol. The largest absolute Gasteiger partial charge is 0.324 e. The summed E-state index contributed by atoms with van der Waals surface area (Å²) < 4.78 is 2.00. The van der Waals surface area contributed by atoms with Gasteiger partial charge in [-0.3, -0.25) is 9.38 Å². The first-order chi connectivity index (χ1) is 15.2. The Morgan fingerprint density at radius 2 is 1.72 bits per heavy atom. The Morgan fingerprint density at radius 3 is 2.34 bits per heavy atom. The van der Waals surface area contributed by atoms with E-state index in [2.05, 4.69) is 24.1 Å². The fourth-order valence-corrected chi connectivity index (χ4v) is 4.10. The summed E-state index contributed by atoms with van der Waals surface area (Å²) in [4.78, 5) is 14.0. The van der Waals surface area contributed by atoms with Gasteiger partial charge in [-0.1, -0.05) is 43.1 Å². The average Bonchev–Trinajstić information content (AvgIpc) is 3.23. The molecule has 1 aromatic carbocycles. The topological polar surface area (TPSA) is 81.1 Å². The molecule has 1 atom stereocenters. The molecule has 0 aliphatic heterocycles. The summed E-state index contributed by atoms with van der Waals surface area (Å²) in [6.07, 6.45) is 7.19. The summed E-state index contributed by atoms with van der Waals surface area (Å²) in [5, 5.41) is 4.55. The van der Waals surface area contributed by atoms with E-state index in [0.717, 1.165) is 33.9 Å². The average molecular weight is 469 g/mol. The summed E-state index contributed by atoms with van der Waals surface area (Å²) in [5.41, 5.74) is 10.2. The molecule has 3 heterocycles. The normalized spacial score (nSPS) is 13.1. The van der Waals surface area contributed by atoms with Crippen molar-refractivity contribution in [3.63, 3.8) is 0 Å². The molecule has 0 saturated carbocycles. The molecule has 0 fully saturated rings. The van der Waals surface area contributed by atoms with Crippen LogP contribution in [0.15, 0.2) is 55.1 Å². The number of nitrogens with zero attached hydrogens (tertiary/aromatic N) is 4. The Hall–Kier alpha value is -2.51. The summed E-state index contributed by atoms with van der Waals surface area (Å²) in [6.45, 7) is 8.18. The molecule has 8 heteroatoms. The highest BCUT2D eigenvalue weighted by molar-refractivity contribution is 6.42. The van der Waals surface area contributed by atoms with E-state index in [4.69, 9.17) is 38.9 Å². The van der Waals surface area contributed by atoms with Crippen LogP contribution in [0.1, 0.15) is 39.6 Å². The third-order valence-corrected chi connectivity index (χ3v) is 5.98. The summed E-state index contributed by atoms with van der Waals surface area (Å²) in [7, 11) is 0. The second-order valence-electron chi connectivity index (χ2n) is 8.75. The zero-order chi connectivity index (χ0) is 23.0. The van der Waals surface area contributed by atoms with Gasteiger partial charge >= 0.3 is 0 Å². The molecule has 0 aliphatic carbocycles. The van der Waals surface area contributed by atoms with Crippen molar-refractivity contribution >= 4 is 28.8 Å². The molecule has 4 aromatic rings. The highest BCUT2D eigenvalue weighted by atomic mass is 35.5. The van der Waals surface area contributed by atoms with Gasteiger partial charge in [-0.2, -0.15) is 0 Å². The fraction of sp³-hybridized carbons (Fsp3) is 0.292. The summed E-state index contributed by atoms with van der Waals surface area (Å²) >= 11 is 12.6. The van der Waals surface area contributed by atoms with Crippen molar-refractivity contribution in [2.45, 2.75) is 45.3 Å². The van der Waals surface area contributed by atoms with Crippen LogP contribution in [-0.4, -0.2) is 30.9 Å². The van der Waals surface area contributed by atoms with Gasteiger partial charge in [0.25, 0.3) is 0 Å².